The Bertz CT molecular complexity index is 741. The molecule has 0 saturated carbocycles. The van der Waals surface area contributed by atoms with Crippen LogP contribution in [0.1, 0.15) is 24.2 Å². The quantitative estimate of drug-likeness (QED) is 0.697. The van der Waals surface area contributed by atoms with E-state index in [4.69, 9.17) is 9.47 Å². The number of hydrogen-bond acceptors (Lipinski definition) is 4. The first-order chi connectivity index (χ1) is 11.9. The number of ether oxygens (including phenoxy) is 3. The minimum absolute atomic E-state index is 0.142. The van der Waals surface area contributed by atoms with E-state index in [1.54, 1.807) is 32.0 Å². The lowest BCUT2D eigenvalue weighted by atomic mass is 10.0. The normalized spacial score (nSPS) is 11.1. The molecule has 0 N–H and O–H groups in total. The average Bonchev–Trinajstić information content (AvgIpc) is 2.55. The summed E-state index contributed by atoms with van der Waals surface area (Å²) in [7, 11) is 0. The number of halogens is 3. The number of esters is 1. The molecule has 4 nitrogen and oxygen atoms in total. The summed E-state index contributed by atoms with van der Waals surface area (Å²) >= 11 is 0. The second-order valence-corrected chi connectivity index (χ2v) is 4.88. The van der Waals surface area contributed by atoms with Gasteiger partial charge in [0.2, 0.25) is 0 Å². The molecule has 0 bridgehead atoms. The van der Waals surface area contributed by atoms with Gasteiger partial charge >= 0.3 is 12.3 Å². The van der Waals surface area contributed by atoms with Crippen molar-refractivity contribution in [3.05, 3.63) is 48.0 Å². The molecule has 0 aliphatic heterocycles. The average molecular weight is 354 g/mol. The van der Waals surface area contributed by atoms with Crippen molar-refractivity contribution < 1.29 is 32.2 Å². The zero-order valence-corrected chi connectivity index (χ0v) is 13.7. The second kappa shape index (κ2) is 7.92. The van der Waals surface area contributed by atoms with Gasteiger partial charge in [0.05, 0.1) is 13.2 Å². The van der Waals surface area contributed by atoms with Crippen LogP contribution in [0.25, 0.3) is 11.1 Å². The maximum absolute atomic E-state index is 12.7. The van der Waals surface area contributed by atoms with Crippen molar-refractivity contribution in [2.75, 3.05) is 13.2 Å². The van der Waals surface area contributed by atoms with Gasteiger partial charge in [-0.15, -0.1) is 13.2 Å². The van der Waals surface area contributed by atoms with Gasteiger partial charge < -0.3 is 14.2 Å². The minimum Gasteiger partial charge on any atom is -0.492 e. The molecule has 2 aromatic carbocycles. The van der Waals surface area contributed by atoms with E-state index < -0.39 is 12.3 Å². The number of benzene rings is 2. The van der Waals surface area contributed by atoms with Crippen LogP contribution in [0.3, 0.4) is 0 Å². The summed E-state index contributed by atoms with van der Waals surface area (Å²) in [6.45, 7) is 3.77. The van der Waals surface area contributed by atoms with Gasteiger partial charge in [0.1, 0.15) is 17.1 Å². The van der Waals surface area contributed by atoms with Gasteiger partial charge in [0.25, 0.3) is 0 Å². The SMILES string of the molecule is CCOC(=O)c1cccc(-c2ccccc2OC(F)(F)F)c1OCC. The summed E-state index contributed by atoms with van der Waals surface area (Å²) in [5, 5.41) is 0. The third kappa shape index (κ3) is 4.65. The van der Waals surface area contributed by atoms with Crippen molar-refractivity contribution in [1.29, 1.82) is 0 Å². The Labute approximate surface area is 143 Å². The van der Waals surface area contributed by atoms with Gasteiger partial charge in [-0.05, 0) is 26.0 Å². The monoisotopic (exact) mass is 354 g/mol. The van der Waals surface area contributed by atoms with Crippen molar-refractivity contribution >= 4 is 5.97 Å². The topological polar surface area (TPSA) is 44.8 Å². The van der Waals surface area contributed by atoms with E-state index in [2.05, 4.69) is 4.74 Å². The van der Waals surface area contributed by atoms with E-state index in [0.717, 1.165) is 0 Å². The Kier molecular flexibility index (Phi) is 5.90. The van der Waals surface area contributed by atoms with E-state index in [1.165, 1.54) is 24.3 Å². The summed E-state index contributed by atoms with van der Waals surface area (Å²) in [5.74, 6) is -0.833. The fourth-order valence-electron chi connectivity index (χ4n) is 2.32. The first-order valence-corrected chi connectivity index (χ1v) is 7.65. The lowest BCUT2D eigenvalue weighted by molar-refractivity contribution is -0.274. The fourth-order valence-corrected chi connectivity index (χ4v) is 2.32. The molecule has 0 atom stereocenters. The molecule has 0 aromatic heterocycles. The van der Waals surface area contributed by atoms with Crippen LogP contribution in [0.5, 0.6) is 11.5 Å². The van der Waals surface area contributed by atoms with Crippen molar-refractivity contribution in [1.82, 2.24) is 0 Å². The molecule has 0 aliphatic rings. The number of para-hydroxylation sites is 2. The first kappa shape index (κ1) is 18.6. The molecule has 0 heterocycles. The van der Waals surface area contributed by atoms with Crippen LogP contribution in [0, 0.1) is 0 Å². The van der Waals surface area contributed by atoms with E-state index in [9.17, 15) is 18.0 Å². The van der Waals surface area contributed by atoms with Gasteiger partial charge in [0.15, 0.2) is 0 Å². The third-order valence-corrected chi connectivity index (χ3v) is 3.20. The van der Waals surface area contributed by atoms with Crippen LogP contribution in [0.4, 0.5) is 13.2 Å². The van der Waals surface area contributed by atoms with Crippen molar-refractivity contribution in [3.8, 4) is 22.6 Å². The minimum atomic E-state index is -4.83. The van der Waals surface area contributed by atoms with Gasteiger partial charge in [-0.2, -0.15) is 0 Å². The maximum atomic E-state index is 12.7. The lowest BCUT2D eigenvalue weighted by Crippen LogP contribution is -2.17. The van der Waals surface area contributed by atoms with Gasteiger partial charge in [-0.1, -0.05) is 30.3 Å². The summed E-state index contributed by atoms with van der Waals surface area (Å²) in [6.07, 6.45) is -4.83. The van der Waals surface area contributed by atoms with Gasteiger partial charge in [0, 0.05) is 11.1 Å². The van der Waals surface area contributed by atoms with E-state index in [0.29, 0.717) is 5.56 Å². The highest BCUT2D eigenvalue weighted by Crippen LogP contribution is 2.40. The van der Waals surface area contributed by atoms with Gasteiger partial charge in [-0.3, -0.25) is 0 Å². The molecule has 0 radical (unpaired) electrons. The Hall–Kier alpha value is -2.70. The molecular weight excluding hydrogens is 337 g/mol. The van der Waals surface area contributed by atoms with Crippen molar-refractivity contribution in [3.63, 3.8) is 0 Å². The summed E-state index contributed by atoms with van der Waals surface area (Å²) in [5.41, 5.74) is 0.615. The summed E-state index contributed by atoms with van der Waals surface area (Å²) < 4.78 is 52.6. The molecule has 2 rings (SSSR count). The van der Waals surface area contributed by atoms with Crippen LogP contribution < -0.4 is 9.47 Å². The van der Waals surface area contributed by atoms with E-state index in [1.807, 2.05) is 0 Å². The maximum Gasteiger partial charge on any atom is 0.573 e. The number of carbonyl (C=O) groups excluding carboxylic acids is 1. The van der Waals surface area contributed by atoms with E-state index >= 15 is 0 Å². The van der Waals surface area contributed by atoms with Crippen LogP contribution in [-0.4, -0.2) is 25.5 Å². The van der Waals surface area contributed by atoms with Gasteiger partial charge in [-0.25, -0.2) is 4.79 Å². The number of alkyl halides is 3. The zero-order valence-electron chi connectivity index (χ0n) is 13.7. The highest BCUT2D eigenvalue weighted by Gasteiger charge is 2.32. The molecule has 0 fully saturated rings. The molecule has 134 valence electrons. The highest BCUT2D eigenvalue weighted by atomic mass is 19.4. The molecule has 0 unspecified atom stereocenters. The molecule has 0 aliphatic carbocycles. The molecule has 2 aromatic rings. The Morgan fingerprint density at radius 3 is 2.28 bits per heavy atom. The summed E-state index contributed by atoms with van der Waals surface area (Å²) in [6, 6.07) is 10.3. The van der Waals surface area contributed by atoms with Crippen molar-refractivity contribution in [2.45, 2.75) is 20.2 Å². The Morgan fingerprint density at radius 2 is 1.64 bits per heavy atom. The number of carbonyl (C=O) groups is 1. The van der Waals surface area contributed by atoms with Crippen LogP contribution in [0.2, 0.25) is 0 Å². The molecular formula is C18H17F3O4. The van der Waals surface area contributed by atoms with Crippen LogP contribution in [-0.2, 0) is 4.74 Å². The zero-order chi connectivity index (χ0) is 18.4. The highest BCUT2D eigenvalue weighted by molar-refractivity contribution is 5.96. The number of rotatable bonds is 6. The van der Waals surface area contributed by atoms with Crippen LogP contribution >= 0.6 is 0 Å². The smallest absolute Gasteiger partial charge is 0.492 e. The Morgan fingerprint density at radius 1 is 0.960 bits per heavy atom. The molecule has 0 spiro atoms. The predicted octanol–water partition coefficient (Wildman–Crippen LogP) is 4.83. The molecule has 7 heteroatoms. The third-order valence-electron chi connectivity index (χ3n) is 3.20. The molecule has 25 heavy (non-hydrogen) atoms. The number of hydrogen-bond donors (Lipinski definition) is 0. The summed E-state index contributed by atoms with van der Waals surface area (Å²) in [4.78, 5) is 12.1. The van der Waals surface area contributed by atoms with Crippen molar-refractivity contribution in [2.24, 2.45) is 0 Å². The Balaban J connectivity index is 2.60. The molecule has 0 saturated heterocycles. The predicted molar refractivity (Wildman–Crippen MR) is 85.7 cm³/mol. The van der Waals surface area contributed by atoms with E-state index in [-0.39, 0.29) is 35.8 Å². The largest absolute Gasteiger partial charge is 0.573 e. The molecule has 0 amide bonds. The first-order valence-electron chi connectivity index (χ1n) is 7.65. The van der Waals surface area contributed by atoms with Crippen LogP contribution in [0.15, 0.2) is 42.5 Å². The lowest BCUT2D eigenvalue weighted by Gasteiger charge is -2.17. The fraction of sp³-hybridized carbons (Fsp3) is 0.278. The second-order valence-electron chi connectivity index (χ2n) is 4.88. The standard InChI is InChI=1S/C18H17F3O4/c1-3-23-16-13(9-7-10-14(16)17(22)24-4-2)12-8-5-6-11-15(12)25-18(19,20)21/h5-11H,3-4H2,1-2H3.